The molecule has 0 N–H and O–H groups in total. The zero-order valence-corrected chi connectivity index (χ0v) is 19.0. The molecule has 1 aliphatic rings. The lowest BCUT2D eigenvalue weighted by Gasteiger charge is -2.22. The molecular formula is C26H27N5O3. The van der Waals surface area contributed by atoms with Gasteiger partial charge in [-0.05, 0) is 42.3 Å². The summed E-state index contributed by atoms with van der Waals surface area (Å²) in [6.07, 6.45) is 0.854. The molecule has 0 saturated carbocycles. The van der Waals surface area contributed by atoms with Crippen molar-refractivity contribution in [3.63, 3.8) is 0 Å². The molecule has 8 heteroatoms. The van der Waals surface area contributed by atoms with Gasteiger partial charge in [0.2, 0.25) is 0 Å². The van der Waals surface area contributed by atoms with Gasteiger partial charge >= 0.3 is 0 Å². The second kappa shape index (κ2) is 11.3. The van der Waals surface area contributed by atoms with E-state index in [1.165, 1.54) is 16.8 Å². The number of aromatic nitrogens is 2. The summed E-state index contributed by atoms with van der Waals surface area (Å²) in [5, 5.41) is 13.3. The number of amides is 1. The van der Waals surface area contributed by atoms with Crippen molar-refractivity contribution < 1.29 is 9.53 Å². The van der Waals surface area contributed by atoms with Crippen molar-refractivity contribution in [1.29, 1.82) is 5.26 Å². The van der Waals surface area contributed by atoms with Crippen LogP contribution in [0.1, 0.15) is 28.0 Å². The summed E-state index contributed by atoms with van der Waals surface area (Å²) in [4.78, 5) is 29.4. The Morgan fingerprint density at radius 3 is 2.53 bits per heavy atom. The molecule has 3 aromatic rings. The second-order valence-electron chi connectivity index (χ2n) is 8.17. The first-order chi connectivity index (χ1) is 16.6. The number of rotatable bonds is 7. The molecule has 1 saturated heterocycles. The highest BCUT2D eigenvalue weighted by atomic mass is 16.5. The highest BCUT2D eigenvalue weighted by molar-refractivity contribution is 5.92. The van der Waals surface area contributed by atoms with Crippen LogP contribution in [-0.2, 0) is 13.1 Å². The average Bonchev–Trinajstić information content (AvgIpc) is 3.11. The fourth-order valence-electron chi connectivity index (χ4n) is 3.93. The number of hydrogen-bond donors (Lipinski definition) is 0. The third-order valence-corrected chi connectivity index (χ3v) is 5.77. The maximum absolute atomic E-state index is 13.1. The van der Waals surface area contributed by atoms with Gasteiger partial charge in [0.05, 0.1) is 18.2 Å². The number of benzene rings is 2. The van der Waals surface area contributed by atoms with E-state index in [0.29, 0.717) is 18.7 Å². The number of carbonyl (C=O) groups is 1. The van der Waals surface area contributed by atoms with Gasteiger partial charge in [-0.3, -0.25) is 14.5 Å². The van der Waals surface area contributed by atoms with Crippen LogP contribution in [0.5, 0.6) is 5.75 Å². The van der Waals surface area contributed by atoms with Gasteiger partial charge < -0.3 is 9.64 Å². The van der Waals surface area contributed by atoms with Crippen LogP contribution in [0.15, 0.2) is 71.5 Å². The molecule has 34 heavy (non-hydrogen) atoms. The Bertz CT molecular complexity index is 1200. The smallest absolute Gasteiger partial charge is 0.274 e. The third-order valence-electron chi connectivity index (χ3n) is 5.77. The number of carbonyl (C=O) groups excluding carboxylic acids is 1. The standard InChI is InChI=1S/C26H27N5O3/c27-19-21-7-9-22(10-8-21)20-29-13-4-14-30(16-15-29)26(33)24-11-12-25(32)31(28-24)17-18-34-23-5-2-1-3-6-23/h1-3,5-12H,4,13-18,20H2. The van der Waals surface area contributed by atoms with Crippen LogP contribution in [0.4, 0.5) is 0 Å². The molecule has 2 heterocycles. The van der Waals surface area contributed by atoms with Crippen molar-refractivity contribution in [3.8, 4) is 11.8 Å². The zero-order valence-electron chi connectivity index (χ0n) is 19.0. The Morgan fingerprint density at radius 2 is 1.76 bits per heavy atom. The monoisotopic (exact) mass is 457 g/mol. The first kappa shape index (κ1) is 23.2. The van der Waals surface area contributed by atoms with Crippen molar-refractivity contribution in [2.75, 3.05) is 32.8 Å². The summed E-state index contributed by atoms with van der Waals surface area (Å²) in [6.45, 7) is 4.17. The maximum atomic E-state index is 13.1. The van der Waals surface area contributed by atoms with Gasteiger partial charge in [-0.15, -0.1) is 0 Å². The lowest BCUT2D eigenvalue weighted by Crippen LogP contribution is -2.37. The van der Waals surface area contributed by atoms with Crippen LogP contribution in [0.25, 0.3) is 0 Å². The predicted molar refractivity (Wildman–Crippen MR) is 127 cm³/mol. The van der Waals surface area contributed by atoms with Crippen LogP contribution in [-0.4, -0.2) is 58.3 Å². The van der Waals surface area contributed by atoms with E-state index in [0.717, 1.165) is 37.4 Å². The number of nitriles is 1. The van der Waals surface area contributed by atoms with Crippen LogP contribution in [0.3, 0.4) is 0 Å². The van der Waals surface area contributed by atoms with Crippen molar-refractivity contribution >= 4 is 5.91 Å². The highest BCUT2D eigenvalue weighted by Crippen LogP contribution is 2.12. The van der Waals surface area contributed by atoms with Gasteiger partial charge in [0, 0.05) is 38.8 Å². The lowest BCUT2D eigenvalue weighted by molar-refractivity contribution is 0.0752. The summed E-state index contributed by atoms with van der Waals surface area (Å²) < 4.78 is 6.94. The first-order valence-electron chi connectivity index (χ1n) is 11.4. The molecule has 2 aromatic carbocycles. The number of nitrogens with zero attached hydrogens (tertiary/aromatic N) is 5. The second-order valence-corrected chi connectivity index (χ2v) is 8.17. The van der Waals surface area contributed by atoms with Crippen LogP contribution in [0.2, 0.25) is 0 Å². The van der Waals surface area contributed by atoms with Crippen LogP contribution < -0.4 is 10.3 Å². The third kappa shape index (κ3) is 6.09. The lowest BCUT2D eigenvalue weighted by atomic mass is 10.1. The van der Waals surface area contributed by atoms with E-state index < -0.39 is 0 Å². The minimum Gasteiger partial charge on any atom is -0.492 e. The van der Waals surface area contributed by atoms with Crippen LogP contribution >= 0.6 is 0 Å². The van der Waals surface area contributed by atoms with Gasteiger partial charge in [-0.1, -0.05) is 30.3 Å². The van der Waals surface area contributed by atoms with E-state index in [1.807, 2.05) is 54.6 Å². The molecule has 0 aliphatic carbocycles. The van der Waals surface area contributed by atoms with Crippen LogP contribution in [0, 0.1) is 11.3 Å². The summed E-state index contributed by atoms with van der Waals surface area (Å²) in [5.74, 6) is 0.552. The van der Waals surface area contributed by atoms with Gasteiger partial charge in [0.1, 0.15) is 18.1 Å². The molecule has 0 radical (unpaired) electrons. The van der Waals surface area contributed by atoms with E-state index in [9.17, 15) is 9.59 Å². The number of ether oxygens (including phenoxy) is 1. The average molecular weight is 458 g/mol. The Morgan fingerprint density at radius 1 is 0.971 bits per heavy atom. The minimum atomic E-state index is -0.266. The molecule has 0 atom stereocenters. The van der Waals surface area contributed by atoms with Crippen molar-refractivity contribution in [1.82, 2.24) is 19.6 Å². The van der Waals surface area contributed by atoms with Crippen molar-refractivity contribution in [3.05, 3.63) is 93.9 Å². The van der Waals surface area contributed by atoms with E-state index >= 15 is 0 Å². The first-order valence-corrected chi connectivity index (χ1v) is 11.4. The molecule has 1 amide bonds. The minimum absolute atomic E-state index is 0.169. The molecule has 0 spiro atoms. The fourth-order valence-corrected chi connectivity index (χ4v) is 3.93. The van der Waals surface area contributed by atoms with E-state index in [1.54, 1.807) is 4.90 Å². The van der Waals surface area contributed by atoms with Crippen molar-refractivity contribution in [2.24, 2.45) is 0 Å². The summed E-state index contributed by atoms with van der Waals surface area (Å²) in [7, 11) is 0. The molecule has 4 rings (SSSR count). The molecule has 174 valence electrons. The van der Waals surface area contributed by atoms with E-state index in [4.69, 9.17) is 10.00 Å². The Hall–Kier alpha value is -3.96. The van der Waals surface area contributed by atoms with E-state index in [2.05, 4.69) is 16.1 Å². The molecule has 1 aliphatic heterocycles. The Kier molecular flexibility index (Phi) is 7.68. The maximum Gasteiger partial charge on any atom is 0.274 e. The topological polar surface area (TPSA) is 91.5 Å². The van der Waals surface area contributed by atoms with Gasteiger partial charge in [0.25, 0.3) is 11.5 Å². The van der Waals surface area contributed by atoms with Gasteiger partial charge in [-0.2, -0.15) is 10.4 Å². The molecular weight excluding hydrogens is 430 g/mol. The zero-order chi connectivity index (χ0) is 23.8. The molecule has 1 aromatic heterocycles. The molecule has 8 nitrogen and oxygen atoms in total. The Balaban J connectivity index is 1.34. The normalized spacial score (nSPS) is 14.3. The Labute approximate surface area is 198 Å². The number of hydrogen-bond acceptors (Lipinski definition) is 6. The fraction of sp³-hybridized carbons (Fsp3) is 0.308. The SMILES string of the molecule is N#Cc1ccc(CN2CCCN(C(=O)c3ccc(=O)n(CCOc4ccccc4)n3)CC2)cc1. The van der Waals surface area contributed by atoms with E-state index in [-0.39, 0.29) is 30.3 Å². The molecule has 0 bridgehead atoms. The van der Waals surface area contributed by atoms with Crippen molar-refractivity contribution in [2.45, 2.75) is 19.5 Å². The highest BCUT2D eigenvalue weighted by Gasteiger charge is 2.22. The molecule has 1 fully saturated rings. The van der Waals surface area contributed by atoms with Gasteiger partial charge in [-0.25, -0.2) is 4.68 Å². The number of para-hydroxylation sites is 1. The predicted octanol–water partition coefficient (Wildman–Crippen LogP) is 2.54. The van der Waals surface area contributed by atoms with Gasteiger partial charge in [0.15, 0.2) is 0 Å². The summed E-state index contributed by atoms with van der Waals surface area (Å²) >= 11 is 0. The quantitative estimate of drug-likeness (QED) is 0.542. The largest absolute Gasteiger partial charge is 0.492 e. The summed E-state index contributed by atoms with van der Waals surface area (Å²) in [6, 6.07) is 22.0. The summed E-state index contributed by atoms with van der Waals surface area (Å²) in [5.41, 5.74) is 1.79. The molecule has 0 unspecified atom stereocenters.